The Morgan fingerprint density at radius 3 is 2.46 bits per heavy atom. The van der Waals surface area contributed by atoms with E-state index in [4.69, 9.17) is 0 Å². The SMILES string of the molecule is O=S(=O)(c1ccc(-c2c[nH]c3cc(F)ccc23)c(F)c1)N1CCNCC1. The third-order valence-electron chi connectivity index (χ3n) is 4.59. The van der Waals surface area contributed by atoms with E-state index in [0.717, 1.165) is 6.07 Å². The third kappa shape index (κ3) is 2.90. The summed E-state index contributed by atoms with van der Waals surface area (Å²) in [6.07, 6.45) is 1.59. The molecule has 2 N–H and O–H groups in total. The molecule has 4 rings (SSSR count). The molecule has 136 valence electrons. The molecule has 1 aromatic heterocycles. The fraction of sp³-hybridized carbons (Fsp3) is 0.222. The van der Waals surface area contributed by atoms with Crippen molar-refractivity contribution in [2.24, 2.45) is 0 Å². The minimum atomic E-state index is -3.72. The number of hydrogen-bond donors (Lipinski definition) is 2. The van der Waals surface area contributed by atoms with Crippen LogP contribution in [0.2, 0.25) is 0 Å². The van der Waals surface area contributed by atoms with E-state index in [9.17, 15) is 17.2 Å². The van der Waals surface area contributed by atoms with Crippen molar-refractivity contribution in [3.05, 3.63) is 54.2 Å². The van der Waals surface area contributed by atoms with Gasteiger partial charge in [-0.05, 0) is 30.3 Å². The fourth-order valence-electron chi connectivity index (χ4n) is 3.23. The molecule has 1 aliphatic heterocycles. The van der Waals surface area contributed by atoms with Gasteiger partial charge >= 0.3 is 0 Å². The molecule has 0 bridgehead atoms. The highest BCUT2D eigenvalue weighted by molar-refractivity contribution is 7.89. The molecule has 0 spiro atoms. The number of aromatic nitrogens is 1. The summed E-state index contributed by atoms with van der Waals surface area (Å²) in [4.78, 5) is 2.85. The van der Waals surface area contributed by atoms with Gasteiger partial charge in [0.1, 0.15) is 11.6 Å². The Morgan fingerprint density at radius 2 is 1.73 bits per heavy atom. The van der Waals surface area contributed by atoms with Crippen LogP contribution in [0.5, 0.6) is 0 Å². The van der Waals surface area contributed by atoms with Crippen molar-refractivity contribution in [2.75, 3.05) is 26.2 Å². The third-order valence-corrected chi connectivity index (χ3v) is 6.48. The molecule has 1 fully saturated rings. The van der Waals surface area contributed by atoms with E-state index in [-0.39, 0.29) is 16.3 Å². The summed E-state index contributed by atoms with van der Waals surface area (Å²) < 4.78 is 54.7. The highest BCUT2D eigenvalue weighted by Crippen LogP contribution is 2.32. The number of H-pyrrole nitrogens is 1. The van der Waals surface area contributed by atoms with Gasteiger partial charge in [0, 0.05) is 54.4 Å². The van der Waals surface area contributed by atoms with Gasteiger partial charge in [0.15, 0.2) is 0 Å². The zero-order chi connectivity index (χ0) is 18.3. The van der Waals surface area contributed by atoms with E-state index < -0.39 is 15.8 Å². The lowest BCUT2D eigenvalue weighted by Crippen LogP contribution is -2.46. The molecule has 0 aliphatic carbocycles. The van der Waals surface area contributed by atoms with Crippen molar-refractivity contribution in [3.63, 3.8) is 0 Å². The summed E-state index contributed by atoms with van der Waals surface area (Å²) in [6, 6.07) is 8.13. The minimum absolute atomic E-state index is 0.0634. The highest BCUT2D eigenvalue weighted by Gasteiger charge is 2.26. The van der Waals surface area contributed by atoms with Gasteiger partial charge in [-0.25, -0.2) is 17.2 Å². The van der Waals surface area contributed by atoms with Gasteiger partial charge in [0.2, 0.25) is 10.0 Å². The molecule has 1 aliphatic rings. The fourth-order valence-corrected chi connectivity index (χ4v) is 4.68. The molecular formula is C18H17F2N3O2S. The van der Waals surface area contributed by atoms with Gasteiger partial charge in [-0.3, -0.25) is 0 Å². The van der Waals surface area contributed by atoms with Crippen LogP contribution in [-0.2, 0) is 10.0 Å². The normalized spacial score (nSPS) is 16.2. The van der Waals surface area contributed by atoms with Crippen molar-refractivity contribution < 1.29 is 17.2 Å². The topological polar surface area (TPSA) is 65.2 Å². The van der Waals surface area contributed by atoms with Crippen molar-refractivity contribution in [1.82, 2.24) is 14.6 Å². The molecule has 0 atom stereocenters. The standard InChI is InChI=1S/C18H17F2N3O2S/c19-12-1-3-15-16(11-22-18(15)9-12)14-4-2-13(10-17(14)20)26(24,25)23-7-5-21-6-8-23/h1-4,9-11,21-22H,5-8H2. The first-order valence-electron chi connectivity index (χ1n) is 8.24. The van der Waals surface area contributed by atoms with Crippen LogP contribution in [0, 0.1) is 11.6 Å². The monoisotopic (exact) mass is 377 g/mol. The quantitative estimate of drug-likeness (QED) is 0.738. The van der Waals surface area contributed by atoms with Gasteiger partial charge in [-0.2, -0.15) is 4.31 Å². The zero-order valence-electron chi connectivity index (χ0n) is 13.8. The maximum Gasteiger partial charge on any atom is 0.243 e. The predicted octanol–water partition coefficient (Wildman–Crippen LogP) is 2.71. The smallest absolute Gasteiger partial charge is 0.243 e. The van der Waals surface area contributed by atoms with Crippen molar-refractivity contribution in [2.45, 2.75) is 4.90 Å². The van der Waals surface area contributed by atoms with E-state index in [0.29, 0.717) is 42.6 Å². The van der Waals surface area contributed by atoms with Crippen LogP contribution in [-0.4, -0.2) is 43.9 Å². The van der Waals surface area contributed by atoms with Crippen LogP contribution in [0.25, 0.3) is 22.0 Å². The molecule has 2 heterocycles. The lowest BCUT2D eigenvalue weighted by atomic mass is 10.0. The van der Waals surface area contributed by atoms with Gasteiger partial charge in [0.05, 0.1) is 4.90 Å². The molecule has 0 radical (unpaired) electrons. The number of nitrogens with zero attached hydrogens (tertiary/aromatic N) is 1. The zero-order valence-corrected chi connectivity index (χ0v) is 14.6. The maximum atomic E-state index is 14.7. The summed E-state index contributed by atoms with van der Waals surface area (Å²) in [5.41, 5.74) is 1.38. The van der Waals surface area contributed by atoms with Crippen LogP contribution in [0.15, 0.2) is 47.5 Å². The largest absolute Gasteiger partial charge is 0.360 e. The average Bonchev–Trinajstić information content (AvgIpc) is 3.05. The Bertz CT molecular complexity index is 1070. The van der Waals surface area contributed by atoms with Gasteiger partial charge < -0.3 is 10.3 Å². The van der Waals surface area contributed by atoms with E-state index in [1.54, 1.807) is 12.3 Å². The second kappa shape index (κ2) is 6.46. The van der Waals surface area contributed by atoms with Crippen LogP contribution in [0.3, 0.4) is 0 Å². The molecule has 26 heavy (non-hydrogen) atoms. The summed E-state index contributed by atoms with van der Waals surface area (Å²) in [5, 5.41) is 3.76. The van der Waals surface area contributed by atoms with Gasteiger partial charge in [-0.1, -0.05) is 6.07 Å². The maximum absolute atomic E-state index is 14.7. The second-order valence-electron chi connectivity index (χ2n) is 6.19. The molecule has 8 heteroatoms. The molecule has 0 unspecified atom stereocenters. The van der Waals surface area contributed by atoms with E-state index in [1.165, 1.54) is 28.6 Å². The van der Waals surface area contributed by atoms with E-state index >= 15 is 0 Å². The van der Waals surface area contributed by atoms with E-state index in [1.807, 2.05) is 0 Å². The summed E-state index contributed by atoms with van der Waals surface area (Å²) in [5.74, 6) is -1.02. The molecule has 2 aromatic carbocycles. The number of nitrogens with one attached hydrogen (secondary N) is 2. The predicted molar refractivity (Wildman–Crippen MR) is 95.3 cm³/mol. The number of rotatable bonds is 3. The number of aromatic amines is 1. The first-order valence-corrected chi connectivity index (χ1v) is 9.68. The Labute approximate surface area is 149 Å². The number of benzene rings is 2. The number of hydrogen-bond acceptors (Lipinski definition) is 3. The lowest BCUT2D eigenvalue weighted by Gasteiger charge is -2.26. The van der Waals surface area contributed by atoms with Crippen LogP contribution in [0.4, 0.5) is 8.78 Å². The second-order valence-corrected chi connectivity index (χ2v) is 8.13. The Morgan fingerprint density at radius 1 is 0.962 bits per heavy atom. The van der Waals surface area contributed by atoms with Crippen LogP contribution >= 0.6 is 0 Å². The molecule has 3 aromatic rings. The van der Waals surface area contributed by atoms with Crippen LogP contribution < -0.4 is 5.32 Å². The summed E-state index contributed by atoms with van der Waals surface area (Å²) in [6.45, 7) is 1.87. The number of halogens is 2. The summed E-state index contributed by atoms with van der Waals surface area (Å²) >= 11 is 0. The number of piperazine rings is 1. The van der Waals surface area contributed by atoms with Crippen molar-refractivity contribution in [3.8, 4) is 11.1 Å². The minimum Gasteiger partial charge on any atom is -0.360 e. The van der Waals surface area contributed by atoms with E-state index in [2.05, 4.69) is 10.3 Å². The van der Waals surface area contributed by atoms with Crippen molar-refractivity contribution >= 4 is 20.9 Å². The first kappa shape index (κ1) is 17.1. The summed E-state index contributed by atoms with van der Waals surface area (Å²) in [7, 11) is -3.72. The Kier molecular flexibility index (Phi) is 4.26. The molecule has 0 saturated carbocycles. The molecule has 5 nitrogen and oxygen atoms in total. The molecule has 0 amide bonds. The first-order chi connectivity index (χ1) is 12.5. The Balaban J connectivity index is 1.74. The molecule has 1 saturated heterocycles. The average molecular weight is 377 g/mol. The highest BCUT2D eigenvalue weighted by atomic mass is 32.2. The Hall–Kier alpha value is -2.29. The van der Waals surface area contributed by atoms with Crippen LogP contribution in [0.1, 0.15) is 0 Å². The van der Waals surface area contributed by atoms with Gasteiger partial charge in [-0.15, -0.1) is 0 Å². The van der Waals surface area contributed by atoms with Gasteiger partial charge in [0.25, 0.3) is 0 Å². The number of fused-ring (bicyclic) bond motifs is 1. The number of sulfonamides is 1. The van der Waals surface area contributed by atoms with Crippen molar-refractivity contribution in [1.29, 1.82) is 0 Å². The molecular weight excluding hydrogens is 360 g/mol. The lowest BCUT2D eigenvalue weighted by molar-refractivity contribution is 0.360.